The minimum absolute atomic E-state index is 0.0471. The lowest BCUT2D eigenvalue weighted by atomic mass is 10.2. The summed E-state index contributed by atoms with van der Waals surface area (Å²) in [6.07, 6.45) is 0. The number of sulfonamides is 1. The van der Waals surface area contributed by atoms with Crippen LogP contribution in [0.5, 0.6) is 5.75 Å². The van der Waals surface area contributed by atoms with Gasteiger partial charge in [-0.15, -0.1) is 0 Å². The maximum Gasteiger partial charge on any atom is 0.246 e. The highest BCUT2D eigenvalue weighted by Crippen LogP contribution is 2.38. The van der Waals surface area contributed by atoms with Crippen LogP contribution in [-0.2, 0) is 16.6 Å². The maximum atomic E-state index is 13.0. The Bertz CT molecular complexity index is 868. The molecule has 0 saturated carbocycles. The summed E-state index contributed by atoms with van der Waals surface area (Å²) in [5, 5.41) is 0.369. The summed E-state index contributed by atoms with van der Waals surface area (Å²) in [6.45, 7) is 2.97. The SMILES string of the molecule is COc1c(S(=O)(=O)N2CCN(Cc3ccccc3)CC2)ccc(Cl)c1Cl. The number of methoxy groups -OCH3 is 1. The summed E-state index contributed by atoms with van der Waals surface area (Å²) >= 11 is 12.1. The zero-order valence-corrected chi connectivity index (χ0v) is 16.7. The van der Waals surface area contributed by atoms with Crippen molar-refractivity contribution in [2.45, 2.75) is 11.4 Å². The zero-order chi connectivity index (χ0) is 18.7. The van der Waals surface area contributed by atoms with Gasteiger partial charge in [-0.05, 0) is 17.7 Å². The van der Waals surface area contributed by atoms with Crippen molar-refractivity contribution >= 4 is 33.2 Å². The molecule has 1 heterocycles. The highest BCUT2D eigenvalue weighted by molar-refractivity contribution is 7.89. The summed E-state index contributed by atoms with van der Waals surface area (Å²) in [7, 11) is -2.32. The van der Waals surface area contributed by atoms with Crippen LogP contribution < -0.4 is 4.74 Å². The van der Waals surface area contributed by atoms with Crippen molar-refractivity contribution in [1.82, 2.24) is 9.21 Å². The van der Waals surface area contributed by atoms with Crippen LogP contribution in [0.3, 0.4) is 0 Å². The summed E-state index contributed by atoms with van der Waals surface area (Å²) in [5.74, 6) is 0.0888. The van der Waals surface area contributed by atoms with Gasteiger partial charge < -0.3 is 4.74 Å². The molecule has 0 N–H and O–H groups in total. The van der Waals surface area contributed by atoms with E-state index in [9.17, 15) is 8.42 Å². The molecule has 2 aromatic rings. The predicted molar refractivity (Wildman–Crippen MR) is 103 cm³/mol. The second-order valence-corrected chi connectivity index (χ2v) is 8.75. The van der Waals surface area contributed by atoms with E-state index in [-0.39, 0.29) is 20.7 Å². The maximum absolute atomic E-state index is 13.0. The molecular formula is C18H20Cl2N2O3S. The van der Waals surface area contributed by atoms with E-state index in [2.05, 4.69) is 17.0 Å². The Balaban J connectivity index is 1.73. The summed E-state index contributed by atoms with van der Waals surface area (Å²) < 4.78 is 32.7. The molecule has 0 unspecified atom stereocenters. The van der Waals surface area contributed by atoms with Crippen LogP contribution in [0.2, 0.25) is 10.0 Å². The Morgan fingerprint density at radius 2 is 1.65 bits per heavy atom. The zero-order valence-electron chi connectivity index (χ0n) is 14.4. The first-order valence-electron chi connectivity index (χ1n) is 8.22. The highest BCUT2D eigenvalue weighted by Gasteiger charge is 2.32. The van der Waals surface area contributed by atoms with Gasteiger partial charge in [-0.25, -0.2) is 8.42 Å². The van der Waals surface area contributed by atoms with Crippen LogP contribution in [0, 0.1) is 0 Å². The van der Waals surface area contributed by atoms with Crippen molar-refractivity contribution in [3.05, 3.63) is 58.1 Å². The van der Waals surface area contributed by atoms with Crippen molar-refractivity contribution in [1.29, 1.82) is 0 Å². The molecule has 0 amide bonds. The molecule has 0 atom stereocenters. The van der Waals surface area contributed by atoms with E-state index in [1.807, 2.05) is 18.2 Å². The van der Waals surface area contributed by atoms with Crippen LogP contribution in [0.4, 0.5) is 0 Å². The Hall–Kier alpha value is -1.31. The molecule has 8 heteroatoms. The van der Waals surface area contributed by atoms with Crippen LogP contribution in [-0.4, -0.2) is 50.9 Å². The number of ether oxygens (including phenoxy) is 1. The molecule has 1 fully saturated rings. The average molecular weight is 415 g/mol. The standard InChI is InChI=1S/C18H20Cl2N2O3S/c1-25-18-16(8-7-15(19)17(18)20)26(23,24)22-11-9-21(10-12-22)13-14-5-3-2-4-6-14/h2-8H,9-13H2,1H3. The minimum Gasteiger partial charge on any atom is -0.494 e. The Morgan fingerprint density at radius 1 is 1.00 bits per heavy atom. The first-order valence-corrected chi connectivity index (χ1v) is 10.4. The molecule has 1 saturated heterocycles. The molecule has 1 aliphatic rings. The van der Waals surface area contributed by atoms with Gasteiger partial charge in [0.2, 0.25) is 10.0 Å². The Morgan fingerprint density at radius 3 is 2.27 bits per heavy atom. The van der Waals surface area contributed by atoms with Crippen molar-refractivity contribution in [3.8, 4) is 5.75 Å². The number of benzene rings is 2. The van der Waals surface area contributed by atoms with Crippen LogP contribution >= 0.6 is 23.2 Å². The van der Waals surface area contributed by atoms with Gasteiger partial charge in [0.05, 0.1) is 12.1 Å². The lowest BCUT2D eigenvalue weighted by Crippen LogP contribution is -2.48. The van der Waals surface area contributed by atoms with E-state index in [4.69, 9.17) is 27.9 Å². The Labute approximate surface area is 164 Å². The molecule has 26 heavy (non-hydrogen) atoms. The van der Waals surface area contributed by atoms with Gasteiger partial charge >= 0.3 is 0 Å². The van der Waals surface area contributed by atoms with Gasteiger partial charge in [0.1, 0.15) is 9.92 Å². The number of hydrogen-bond acceptors (Lipinski definition) is 4. The first-order chi connectivity index (χ1) is 12.4. The van der Waals surface area contributed by atoms with E-state index in [1.54, 1.807) is 0 Å². The molecule has 5 nitrogen and oxygen atoms in total. The fourth-order valence-electron chi connectivity index (χ4n) is 3.02. The van der Waals surface area contributed by atoms with Gasteiger partial charge in [0.25, 0.3) is 0 Å². The number of hydrogen-bond donors (Lipinski definition) is 0. The fraction of sp³-hybridized carbons (Fsp3) is 0.333. The highest BCUT2D eigenvalue weighted by atomic mass is 35.5. The second-order valence-electron chi connectivity index (χ2n) is 6.06. The molecule has 1 aliphatic heterocycles. The molecule has 140 valence electrons. The quantitative estimate of drug-likeness (QED) is 0.750. The monoisotopic (exact) mass is 414 g/mol. The molecule has 0 spiro atoms. The summed E-state index contributed by atoms with van der Waals surface area (Å²) in [4.78, 5) is 2.29. The van der Waals surface area contributed by atoms with E-state index in [0.717, 1.165) is 6.54 Å². The predicted octanol–water partition coefficient (Wildman–Crippen LogP) is 3.51. The lowest BCUT2D eigenvalue weighted by molar-refractivity contribution is 0.181. The van der Waals surface area contributed by atoms with Crippen LogP contribution in [0.1, 0.15) is 5.56 Å². The van der Waals surface area contributed by atoms with Crippen LogP contribution in [0.15, 0.2) is 47.4 Å². The minimum atomic E-state index is -3.70. The fourth-order valence-corrected chi connectivity index (χ4v) is 5.05. The number of piperazine rings is 1. The smallest absolute Gasteiger partial charge is 0.246 e. The third-order valence-corrected chi connectivity index (χ3v) is 7.13. The summed E-state index contributed by atoms with van der Waals surface area (Å²) in [5.41, 5.74) is 1.22. The van der Waals surface area contributed by atoms with Crippen molar-refractivity contribution in [2.24, 2.45) is 0 Å². The number of nitrogens with zero attached hydrogens (tertiary/aromatic N) is 2. The molecule has 0 radical (unpaired) electrons. The molecular weight excluding hydrogens is 395 g/mol. The van der Waals surface area contributed by atoms with Crippen molar-refractivity contribution in [3.63, 3.8) is 0 Å². The van der Waals surface area contributed by atoms with E-state index in [1.165, 1.54) is 29.1 Å². The van der Waals surface area contributed by atoms with E-state index < -0.39 is 10.0 Å². The van der Waals surface area contributed by atoms with E-state index in [0.29, 0.717) is 26.2 Å². The van der Waals surface area contributed by atoms with E-state index >= 15 is 0 Å². The van der Waals surface area contributed by atoms with Gasteiger partial charge in [-0.1, -0.05) is 53.5 Å². The molecule has 0 aromatic heterocycles. The average Bonchev–Trinajstić information content (AvgIpc) is 2.65. The Kier molecular flexibility index (Phi) is 6.10. The normalized spacial score (nSPS) is 16.6. The lowest BCUT2D eigenvalue weighted by Gasteiger charge is -2.34. The van der Waals surface area contributed by atoms with Crippen LogP contribution in [0.25, 0.3) is 0 Å². The second kappa shape index (κ2) is 8.15. The van der Waals surface area contributed by atoms with Gasteiger partial charge in [-0.3, -0.25) is 4.90 Å². The first kappa shape index (κ1) is 19.5. The van der Waals surface area contributed by atoms with Crippen molar-refractivity contribution < 1.29 is 13.2 Å². The molecule has 2 aromatic carbocycles. The van der Waals surface area contributed by atoms with Gasteiger partial charge in [0, 0.05) is 32.7 Å². The topological polar surface area (TPSA) is 49.9 Å². The third kappa shape index (κ3) is 4.00. The third-order valence-electron chi connectivity index (χ3n) is 4.42. The number of rotatable bonds is 5. The van der Waals surface area contributed by atoms with Gasteiger partial charge in [0.15, 0.2) is 5.75 Å². The summed E-state index contributed by atoms with van der Waals surface area (Å²) in [6, 6.07) is 13.1. The molecule has 0 bridgehead atoms. The van der Waals surface area contributed by atoms with Gasteiger partial charge in [-0.2, -0.15) is 4.31 Å². The molecule has 3 rings (SSSR count). The van der Waals surface area contributed by atoms with Crippen molar-refractivity contribution in [2.75, 3.05) is 33.3 Å². The largest absolute Gasteiger partial charge is 0.494 e. The molecule has 0 aliphatic carbocycles. The number of halogens is 2.